The second-order valence-corrected chi connectivity index (χ2v) is 4.62. The van der Waals surface area contributed by atoms with Gasteiger partial charge in [0, 0.05) is 13.2 Å². The summed E-state index contributed by atoms with van der Waals surface area (Å²) in [5, 5.41) is 0. The number of likely N-dealkylation sites (tertiary alicyclic amines) is 1. The van der Waals surface area contributed by atoms with Gasteiger partial charge in [-0.3, -0.25) is 0 Å². The van der Waals surface area contributed by atoms with Gasteiger partial charge < -0.3 is 9.64 Å². The first-order chi connectivity index (χ1) is 6.31. The van der Waals surface area contributed by atoms with Crippen LogP contribution in [0.25, 0.3) is 0 Å². The normalized spacial score (nSPS) is 41.5. The van der Waals surface area contributed by atoms with Crippen molar-refractivity contribution in [3.63, 3.8) is 0 Å². The molecular formula is C11H21NO. The number of rotatable bonds is 1. The summed E-state index contributed by atoms with van der Waals surface area (Å²) in [5.41, 5.74) is 0. The van der Waals surface area contributed by atoms with E-state index in [0.717, 1.165) is 12.0 Å². The lowest BCUT2D eigenvalue weighted by atomic mass is 9.77. The predicted molar refractivity (Wildman–Crippen MR) is 53.8 cm³/mol. The Balaban J connectivity index is 1.95. The van der Waals surface area contributed by atoms with E-state index < -0.39 is 0 Å². The van der Waals surface area contributed by atoms with Gasteiger partial charge in [0.2, 0.25) is 0 Å². The Kier molecular flexibility index (Phi) is 2.89. The molecule has 1 aliphatic carbocycles. The Morgan fingerprint density at radius 1 is 1.23 bits per heavy atom. The minimum absolute atomic E-state index is 0.549. The average molecular weight is 183 g/mol. The second kappa shape index (κ2) is 3.97. The first-order valence-electron chi connectivity index (χ1n) is 5.54. The van der Waals surface area contributed by atoms with Crippen molar-refractivity contribution in [2.75, 3.05) is 20.7 Å². The SMILES string of the molecule is COC1CC[C@@H]2[C@@H](CCCN2C)C1. The Bertz CT molecular complexity index is 171. The highest BCUT2D eigenvalue weighted by molar-refractivity contribution is 4.88. The zero-order valence-corrected chi connectivity index (χ0v) is 8.83. The van der Waals surface area contributed by atoms with Crippen molar-refractivity contribution < 1.29 is 4.74 Å². The van der Waals surface area contributed by atoms with E-state index in [-0.39, 0.29) is 0 Å². The summed E-state index contributed by atoms with van der Waals surface area (Å²) in [5.74, 6) is 0.914. The fourth-order valence-electron chi connectivity index (χ4n) is 3.08. The standard InChI is InChI=1S/C11H21NO/c1-12-7-3-4-9-8-10(13-2)5-6-11(9)12/h9-11H,3-8H2,1-2H3/t9-,10?,11+/m0/s1. The third kappa shape index (κ3) is 1.89. The maximum atomic E-state index is 5.46. The van der Waals surface area contributed by atoms with Crippen molar-refractivity contribution in [1.29, 1.82) is 0 Å². The molecule has 2 aliphatic rings. The smallest absolute Gasteiger partial charge is 0.0575 e. The molecular weight excluding hydrogens is 162 g/mol. The Labute approximate surface area is 81.3 Å². The third-order valence-corrected chi connectivity index (χ3v) is 3.88. The van der Waals surface area contributed by atoms with Crippen LogP contribution in [0.5, 0.6) is 0 Å². The van der Waals surface area contributed by atoms with Crippen LogP contribution >= 0.6 is 0 Å². The topological polar surface area (TPSA) is 12.5 Å². The van der Waals surface area contributed by atoms with Gasteiger partial charge in [0.15, 0.2) is 0 Å². The molecule has 1 saturated carbocycles. The van der Waals surface area contributed by atoms with Gasteiger partial charge in [-0.1, -0.05) is 0 Å². The first kappa shape index (κ1) is 9.47. The van der Waals surface area contributed by atoms with Crippen LogP contribution in [0.1, 0.15) is 32.1 Å². The molecule has 2 fully saturated rings. The molecule has 0 amide bonds. The minimum Gasteiger partial charge on any atom is -0.381 e. The second-order valence-electron chi connectivity index (χ2n) is 4.62. The van der Waals surface area contributed by atoms with Crippen molar-refractivity contribution in [2.45, 2.75) is 44.2 Å². The number of nitrogens with zero attached hydrogens (tertiary/aromatic N) is 1. The van der Waals surface area contributed by atoms with Gasteiger partial charge in [0.25, 0.3) is 0 Å². The fourth-order valence-corrected chi connectivity index (χ4v) is 3.08. The summed E-state index contributed by atoms with van der Waals surface area (Å²) in [4.78, 5) is 2.56. The van der Waals surface area contributed by atoms with Gasteiger partial charge in [-0.05, 0) is 51.6 Å². The molecule has 0 N–H and O–H groups in total. The van der Waals surface area contributed by atoms with Gasteiger partial charge >= 0.3 is 0 Å². The van der Waals surface area contributed by atoms with E-state index in [4.69, 9.17) is 4.74 Å². The zero-order chi connectivity index (χ0) is 9.26. The van der Waals surface area contributed by atoms with Crippen molar-refractivity contribution in [2.24, 2.45) is 5.92 Å². The number of hydrogen-bond donors (Lipinski definition) is 0. The Hall–Kier alpha value is -0.0800. The van der Waals surface area contributed by atoms with Gasteiger partial charge in [-0.2, -0.15) is 0 Å². The Morgan fingerprint density at radius 3 is 2.85 bits per heavy atom. The molecule has 13 heavy (non-hydrogen) atoms. The molecule has 2 nitrogen and oxygen atoms in total. The van der Waals surface area contributed by atoms with E-state index in [1.54, 1.807) is 0 Å². The van der Waals surface area contributed by atoms with E-state index in [1.165, 1.54) is 38.6 Å². The summed E-state index contributed by atoms with van der Waals surface area (Å²) in [7, 11) is 4.14. The van der Waals surface area contributed by atoms with E-state index in [9.17, 15) is 0 Å². The van der Waals surface area contributed by atoms with Crippen LogP contribution in [0.3, 0.4) is 0 Å². The number of piperidine rings is 1. The average Bonchev–Trinajstić information content (AvgIpc) is 2.18. The fraction of sp³-hybridized carbons (Fsp3) is 1.00. The predicted octanol–water partition coefficient (Wildman–Crippen LogP) is 1.90. The number of fused-ring (bicyclic) bond motifs is 1. The number of methoxy groups -OCH3 is 1. The third-order valence-electron chi connectivity index (χ3n) is 3.88. The summed E-state index contributed by atoms with van der Waals surface area (Å²) >= 11 is 0. The van der Waals surface area contributed by atoms with Crippen LogP contribution in [0, 0.1) is 5.92 Å². The summed E-state index contributed by atoms with van der Waals surface area (Å²) in [6, 6.07) is 0.861. The largest absolute Gasteiger partial charge is 0.381 e. The van der Waals surface area contributed by atoms with Gasteiger partial charge in [0.05, 0.1) is 6.10 Å². The van der Waals surface area contributed by atoms with Crippen molar-refractivity contribution in [1.82, 2.24) is 4.90 Å². The van der Waals surface area contributed by atoms with Crippen molar-refractivity contribution in [3.8, 4) is 0 Å². The van der Waals surface area contributed by atoms with Gasteiger partial charge in [-0.25, -0.2) is 0 Å². The lowest BCUT2D eigenvalue weighted by Gasteiger charge is -2.44. The highest BCUT2D eigenvalue weighted by Crippen LogP contribution is 2.35. The molecule has 2 heteroatoms. The maximum Gasteiger partial charge on any atom is 0.0575 e. The molecule has 0 spiro atoms. The molecule has 0 bridgehead atoms. The molecule has 2 rings (SSSR count). The summed E-state index contributed by atoms with van der Waals surface area (Å²) in [6.45, 7) is 1.30. The van der Waals surface area contributed by atoms with Crippen LogP contribution in [0.15, 0.2) is 0 Å². The van der Waals surface area contributed by atoms with Crippen LogP contribution < -0.4 is 0 Å². The minimum atomic E-state index is 0.549. The summed E-state index contributed by atoms with van der Waals surface area (Å²) < 4.78 is 5.46. The van der Waals surface area contributed by atoms with Crippen LogP contribution in [-0.2, 0) is 4.74 Å². The first-order valence-corrected chi connectivity index (χ1v) is 5.54. The monoisotopic (exact) mass is 183 g/mol. The number of ether oxygens (including phenoxy) is 1. The van der Waals surface area contributed by atoms with Crippen molar-refractivity contribution in [3.05, 3.63) is 0 Å². The molecule has 0 radical (unpaired) electrons. The molecule has 1 unspecified atom stereocenters. The number of hydrogen-bond acceptors (Lipinski definition) is 2. The molecule has 76 valence electrons. The van der Waals surface area contributed by atoms with E-state index in [0.29, 0.717) is 6.10 Å². The van der Waals surface area contributed by atoms with E-state index in [2.05, 4.69) is 11.9 Å². The van der Waals surface area contributed by atoms with E-state index >= 15 is 0 Å². The van der Waals surface area contributed by atoms with Crippen LogP contribution in [0.2, 0.25) is 0 Å². The molecule has 0 aromatic carbocycles. The molecule has 1 aliphatic heterocycles. The van der Waals surface area contributed by atoms with Gasteiger partial charge in [-0.15, -0.1) is 0 Å². The van der Waals surface area contributed by atoms with Crippen molar-refractivity contribution >= 4 is 0 Å². The van der Waals surface area contributed by atoms with Crippen LogP contribution in [0.4, 0.5) is 0 Å². The highest BCUT2D eigenvalue weighted by Gasteiger charge is 2.34. The Morgan fingerprint density at radius 2 is 2.08 bits per heavy atom. The highest BCUT2D eigenvalue weighted by atomic mass is 16.5. The molecule has 3 atom stereocenters. The zero-order valence-electron chi connectivity index (χ0n) is 8.83. The quantitative estimate of drug-likeness (QED) is 0.615. The van der Waals surface area contributed by atoms with E-state index in [1.807, 2.05) is 7.11 Å². The lowest BCUT2D eigenvalue weighted by molar-refractivity contribution is -0.00567. The lowest BCUT2D eigenvalue weighted by Crippen LogP contribution is -2.47. The van der Waals surface area contributed by atoms with Crippen LogP contribution in [-0.4, -0.2) is 37.7 Å². The van der Waals surface area contributed by atoms with Gasteiger partial charge in [0.1, 0.15) is 0 Å². The summed E-state index contributed by atoms with van der Waals surface area (Å²) in [6.07, 6.45) is 7.27. The molecule has 0 aromatic rings. The molecule has 1 heterocycles. The molecule has 1 saturated heterocycles. The molecule has 0 aromatic heterocycles. The maximum absolute atomic E-state index is 5.46.